The van der Waals surface area contributed by atoms with E-state index in [9.17, 15) is 0 Å². The summed E-state index contributed by atoms with van der Waals surface area (Å²) >= 11 is 6.29. The molecule has 0 aliphatic carbocycles. The molecule has 0 aliphatic rings. The number of anilines is 2. The van der Waals surface area contributed by atoms with Crippen molar-refractivity contribution in [1.29, 1.82) is 0 Å². The van der Waals surface area contributed by atoms with Gasteiger partial charge in [0.25, 0.3) is 0 Å². The summed E-state index contributed by atoms with van der Waals surface area (Å²) in [5.41, 5.74) is 8.71. The summed E-state index contributed by atoms with van der Waals surface area (Å²) in [7, 11) is 2.04. The molecule has 1 atom stereocenters. The third-order valence-corrected chi connectivity index (χ3v) is 3.98. The molecular formula is C17H21ClN2O. The predicted octanol–water partition coefficient (Wildman–Crippen LogP) is 4.52. The molecule has 0 bridgehead atoms. The summed E-state index contributed by atoms with van der Waals surface area (Å²) in [4.78, 5) is 2.16. The second-order valence-corrected chi connectivity index (χ2v) is 5.37. The van der Waals surface area contributed by atoms with Gasteiger partial charge in [-0.05, 0) is 37.6 Å². The van der Waals surface area contributed by atoms with Gasteiger partial charge in [0.15, 0.2) is 0 Å². The Morgan fingerprint density at radius 3 is 2.62 bits per heavy atom. The number of hydrogen-bond donors (Lipinski definition) is 1. The molecule has 0 fully saturated rings. The minimum absolute atomic E-state index is 0.150. The highest BCUT2D eigenvalue weighted by Crippen LogP contribution is 2.33. The molecular weight excluding hydrogens is 284 g/mol. The van der Waals surface area contributed by atoms with Crippen LogP contribution in [0, 0.1) is 0 Å². The zero-order valence-electron chi connectivity index (χ0n) is 12.6. The van der Waals surface area contributed by atoms with Gasteiger partial charge in [0.05, 0.1) is 18.3 Å². The van der Waals surface area contributed by atoms with E-state index in [0.717, 1.165) is 16.3 Å². The van der Waals surface area contributed by atoms with Crippen LogP contribution in [0.4, 0.5) is 11.4 Å². The fourth-order valence-electron chi connectivity index (χ4n) is 2.27. The third-order valence-electron chi connectivity index (χ3n) is 3.64. The minimum atomic E-state index is 0.150. The Labute approximate surface area is 131 Å². The fraction of sp³-hybridized carbons (Fsp3) is 0.294. The lowest BCUT2D eigenvalue weighted by Gasteiger charge is -2.28. The van der Waals surface area contributed by atoms with Crippen LogP contribution >= 0.6 is 11.6 Å². The van der Waals surface area contributed by atoms with Crippen LogP contribution in [0.5, 0.6) is 5.75 Å². The lowest BCUT2D eigenvalue weighted by Crippen LogP contribution is -2.22. The molecule has 0 aromatic heterocycles. The SMILES string of the molecule is CCOc1cc(N(C)C(C)c2ccccc2Cl)ccc1N. The van der Waals surface area contributed by atoms with E-state index >= 15 is 0 Å². The van der Waals surface area contributed by atoms with Gasteiger partial charge in [-0.3, -0.25) is 0 Å². The zero-order chi connectivity index (χ0) is 15.4. The molecule has 0 heterocycles. The molecule has 0 amide bonds. The molecule has 2 rings (SSSR count). The molecule has 2 N–H and O–H groups in total. The Bertz CT molecular complexity index is 615. The van der Waals surface area contributed by atoms with Gasteiger partial charge in [-0.2, -0.15) is 0 Å². The highest BCUT2D eigenvalue weighted by molar-refractivity contribution is 6.31. The molecule has 112 valence electrons. The molecule has 2 aromatic carbocycles. The second-order valence-electron chi connectivity index (χ2n) is 4.96. The number of hydrogen-bond acceptors (Lipinski definition) is 3. The van der Waals surface area contributed by atoms with E-state index in [1.807, 2.05) is 56.4 Å². The first-order valence-corrected chi connectivity index (χ1v) is 7.42. The van der Waals surface area contributed by atoms with E-state index in [-0.39, 0.29) is 6.04 Å². The monoisotopic (exact) mass is 304 g/mol. The molecule has 1 unspecified atom stereocenters. The van der Waals surface area contributed by atoms with Crippen molar-refractivity contribution in [3.63, 3.8) is 0 Å². The number of ether oxygens (including phenoxy) is 1. The summed E-state index contributed by atoms with van der Waals surface area (Å²) < 4.78 is 5.56. The highest BCUT2D eigenvalue weighted by atomic mass is 35.5. The molecule has 4 heteroatoms. The fourth-order valence-corrected chi connectivity index (χ4v) is 2.56. The Hall–Kier alpha value is -1.87. The normalized spacial score (nSPS) is 12.0. The van der Waals surface area contributed by atoms with Crippen LogP contribution in [0.25, 0.3) is 0 Å². The summed E-state index contributed by atoms with van der Waals surface area (Å²) in [6.45, 7) is 4.66. The van der Waals surface area contributed by atoms with E-state index in [1.165, 1.54) is 0 Å². The van der Waals surface area contributed by atoms with Gasteiger partial charge in [0.2, 0.25) is 0 Å². The van der Waals surface area contributed by atoms with Crippen LogP contribution in [-0.2, 0) is 0 Å². The number of nitrogens with two attached hydrogens (primary N) is 1. The maximum atomic E-state index is 6.29. The van der Waals surface area contributed by atoms with Crippen LogP contribution in [-0.4, -0.2) is 13.7 Å². The Balaban J connectivity index is 2.29. The quantitative estimate of drug-likeness (QED) is 0.825. The van der Waals surface area contributed by atoms with Crippen molar-refractivity contribution in [2.75, 3.05) is 24.3 Å². The van der Waals surface area contributed by atoms with Crippen LogP contribution in [0.15, 0.2) is 42.5 Å². The van der Waals surface area contributed by atoms with Crippen LogP contribution in [0.3, 0.4) is 0 Å². The van der Waals surface area contributed by atoms with Gasteiger partial charge < -0.3 is 15.4 Å². The van der Waals surface area contributed by atoms with Gasteiger partial charge in [-0.25, -0.2) is 0 Å². The summed E-state index contributed by atoms with van der Waals surface area (Å²) in [5, 5.41) is 0.775. The maximum absolute atomic E-state index is 6.29. The number of nitrogens with zero attached hydrogens (tertiary/aromatic N) is 1. The summed E-state index contributed by atoms with van der Waals surface area (Å²) in [5.74, 6) is 0.716. The Morgan fingerprint density at radius 1 is 1.24 bits per heavy atom. The van der Waals surface area contributed by atoms with Crippen molar-refractivity contribution in [3.05, 3.63) is 53.1 Å². The van der Waals surface area contributed by atoms with Crippen molar-refractivity contribution < 1.29 is 4.74 Å². The smallest absolute Gasteiger partial charge is 0.144 e. The molecule has 2 aromatic rings. The van der Waals surface area contributed by atoms with Crippen molar-refractivity contribution in [2.24, 2.45) is 0 Å². The van der Waals surface area contributed by atoms with Gasteiger partial charge in [-0.1, -0.05) is 29.8 Å². The van der Waals surface area contributed by atoms with E-state index < -0.39 is 0 Å². The third kappa shape index (κ3) is 3.42. The number of nitrogen functional groups attached to an aromatic ring is 1. The largest absolute Gasteiger partial charge is 0.492 e. The lowest BCUT2D eigenvalue weighted by atomic mass is 10.1. The number of halogens is 1. The molecule has 0 saturated carbocycles. The average molecular weight is 305 g/mol. The molecule has 3 nitrogen and oxygen atoms in total. The van der Waals surface area contributed by atoms with E-state index in [0.29, 0.717) is 18.0 Å². The number of benzene rings is 2. The molecule has 0 spiro atoms. The van der Waals surface area contributed by atoms with Gasteiger partial charge >= 0.3 is 0 Å². The summed E-state index contributed by atoms with van der Waals surface area (Å²) in [6.07, 6.45) is 0. The van der Waals surface area contributed by atoms with Gasteiger partial charge in [0.1, 0.15) is 5.75 Å². The number of rotatable bonds is 5. The van der Waals surface area contributed by atoms with Crippen LogP contribution < -0.4 is 15.4 Å². The topological polar surface area (TPSA) is 38.5 Å². The van der Waals surface area contributed by atoms with E-state index in [2.05, 4.69) is 11.8 Å². The van der Waals surface area contributed by atoms with E-state index in [1.54, 1.807) is 0 Å². The lowest BCUT2D eigenvalue weighted by molar-refractivity contribution is 0.342. The molecule has 21 heavy (non-hydrogen) atoms. The van der Waals surface area contributed by atoms with Gasteiger partial charge in [-0.15, -0.1) is 0 Å². The molecule has 0 saturated heterocycles. The summed E-state index contributed by atoms with van der Waals surface area (Å²) in [6, 6.07) is 13.9. The average Bonchev–Trinajstić information content (AvgIpc) is 2.49. The Kier molecular flexibility index (Phi) is 4.97. The first-order chi connectivity index (χ1) is 10.0. The van der Waals surface area contributed by atoms with Crippen molar-refractivity contribution in [1.82, 2.24) is 0 Å². The highest BCUT2D eigenvalue weighted by Gasteiger charge is 2.16. The zero-order valence-corrected chi connectivity index (χ0v) is 13.4. The minimum Gasteiger partial charge on any atom is -0.492 e. The van der Waals surface area contributed by atoms with Crippen LogP contribution in [0.2, 0.25) is 5.02 Å². The molecule has 0 radical (unpaired) electrons. The maximum Gasteiger partial charge on any atom is 0.144 e. The van der Waals surface area contributed by atoms with Gasteiger partial charge in [0, 0.05) is 23.8 Å². The van der Waals surface area contributed by atoms with Crippen molar-refractivity contribution in [2.45, 2.75) is 19.9 Å². The van der Waals surface area contributed by atoms with E-state index in [4.69, 9.17) is 22.1 Å². The molecule has 0 aliphatic heterocycles. The first-order valence-electron chi connectivity index (χ1n) is 7.04. The Morgan fingerprint density at radius 2 is 1.95 bits per heavy atom. The van der Waals surface area contributed by atoms with Crippen molar-refractivity contribution in [3.8, 4) is 5.75 Å². The predicted molar refractivity (Wildman–Crippen MR) is 90.3 cm³/mol. The second kappa shape index (κ2) is 6.72. The standard InChI is InChI=1S/C17H21ClN2O/c1-4-21-17-11-13(9-10-16(17)19)20(3)12(2)14-7-5-6-8-15(14)18/h5-12H,4,19H2,1-3H3. The first kappa shape index (κ1) is 15.5. The van der Waals surface area contributed by atoms with Crippen molar-refractivity contribution >= 4 is 23.0 Å². The van der Waals surface area contributed by atoms with Crippen LogP contribution in [0.1, 0.15) is 25.5 Å².